The molecule has 9 nitrogen and oxygen atoms in total. The van der Waals surface area contributed by atoms with Gasteiger partial charge >= 0.3 is 0 Å². The molecule has 0 saturated carbocycles. The summed E-state index contributed by atoms with van der Waals surface area (Å²) in [5.41, 5.74) is 4.01. The molecular weight excluding hydrogens is 725 g/mol. The molecule has 2 aliphatic rings. The van der Waals surface area contributed by atoms with E-state index in [4.69, 9.17) is 9.16 Å². The number of carbonyl (C=O) groups is 1. The van der Waals surface area contributed by atoms with Crippen molar-refractivity contribution in [2.45, 2.75) is 116 Å². The van der Waals surface area contributed by atoms with E-state index in [1.165, 1.54) is 22.1 Å². The number of nitrogens with zero attached hydrogens (tertiary/aromatic N) is 2. The second-order valence-corrected chi connectivity index (χ2v) is 24.0. The lowest BCUT2D eigenvalue weighted by Crippen LogP contribution is -2.57. The summed E-state index contributed by atoms with van der Waals surface area (Å²) in [6.45, 7) is 25.3. The maximum Gasteiger partial charge on any atom is 0.254 e. The third-order valence-corrected chi connectivity index (χ3v) is 17.8. The molecule has 2 aliphatic heterocycles. The summed E-state index contributed by atoms with van der Waals surface area (Å²) < 4.78 is 13.5. The number of phenolic OH excluding ortho intramolecular Hbond substituents is 1. The fraction of sp³-hybridized carbons (Fsp3) is 0.545. The summed E-state index contributed by atoms with van der Waals surface area (Å²) in [5, 5.41) is 17.3. The highest BCUT2D eigenvalue weighted by atomic mass is 32.1. The van der Waals surface area contributed by atoms with Crippen LogP contribution in [0.25, 0.3) is 10.9 Å². The molecule has 4 heterocycles. The number of aromatic amines is 1. The van der Waals surface area contributed by atoms with Gasteiger partial charge < -0.3 is 29.5 Å². The van der Waals surface area contributed by atoms with Crippen LogP contribution in [0, 0.1) is 0 Å². The number of amides is 1. The van der Waals surface area contributed by atoms with E-state index in [2.05, 4.69) is 107 Å². The lowest BCUT2D eigenvalue weighted by Gasteiger charge is -2.47. The van der Waals surface area contributed by atoms with Crippen LogP contribution < -0.4 is 10.9 Å². The van der Waals surface area contributed by atoms with Gasteiger partial charge in [-0.15, -0.1) is 11.3 Å². The van der Waals surface area contributed by atoms with Crippen LogP contribution in [-0.2, 0) is 22.1 Å². The minimum absolute atomic E-state index is 0.00204. The maximum atomic E-state index is 13.4. The number of pyridine rings is 1. The van der Waals surface area contributed by atoms with Crippen molar-refractivity contribution in [3.8, 4) is 5.75 Å². The minimum Gasteiger partial charge on any atom is -0.506 e. The van der Waals surface area contributed by atoms with Crippen molar-refractivity contribution in [2.24, 2.45) is 0 Å². The second kappa shape index (κ2) is 16.3. The van der Waals surface area contributed by atoms with Gasteiger partial charge in [0.1, 0.15) is 5.75 Å². The van der Waals surface area contributed by atoms with E-state index in [1.54, 1.807) is 23.5 Å². The topological polar surface area (TPSA) is 107 Å². The predicted octanol–water partition coefficient (Wildman–Crippen LogP) is 8.60. The van der Waals surface area contributed by atoms with Gasteiger partial charge in [0.15, 0.2) is 8.32 Å². The number of benzene rings is 2. The van der Waals surface area contributed by atoms with Crippen molar-refractivity contribution >= 4 is 36.5 Å². The number of hydrogen-bond acceptors (Lipinski definition) is 8. The number of carbonyl (C=O) groups excluding carboxylic acids is 1. The Kier molecular flexibility index (Phi) is 12.2. The second-order valence-electron chi connectivity index (χ2n) is 18.3. The van der Waals surface area contributed by atoms with Crippen molar-refractivity contribution in [2.75, 3.05) is 39.3 Å². The first-order chi connectivity index (χ1) is 25.8. The van der Waals surface area contributed by atoms with Gasteiger partial charge in [0, 0.05) is 60.0 Å². The van der Waals surface area contributed by atoms with E-state index in [0.717, 1.165) is 55.4 Å². The smallest absolute Gasteiger partial charge is 0.254 e. The summed E-state index contributed by atoms with van der Waals surface area (Å²) in [6, 6.07) is 17.9. The highest BCUT2D eigenvalue weighted by Gasteiger charge is 2.42. The standard InChI is InChI=1S/C44H62N4O5SSi/c1-30(2)38-24-33(28-54-38)41(51)48-21-22-52-44(29-48)17-19-47(20-18-44)27-32-12-10-11-31(23-32)25-43(6,7)45-26-37(53-55(8,9)42(3,4)5)34-13-15-36(49)40-35(34)14-16-39(50)46-40/h10-16,23-24,28,30,37,45,49H,17-22,25-27,29H2,1-9H3,(H,46,50). The first-order valence-corrected chi connectivity index (χ1v) is 23.7. The highest BCUT2D eigenvalue weighted by molar-refractivity contribution is 7.10. The number of hydrogen-bond donors (Lipinski definition) is 3. The number of aromatic nitrogens is 1. The zero-order valence-electron chi connectivity index (χ0n) is 34.4. The van der Waals surface area contributed by atoms with Gasteiger partial charge in [-0.25, -0.2) is 0 Å². The molecule has 3 N–H and O–H groups in total. The van der Waals surface area contributed by atoms with Gasteiger partial charge in [-0.3, -0.25) is 14.5 Å². The van der Waals surface area contributed by atoms with Crippen LogP contribution in [0.15, 0.2) is 64.8 Å². The lowest BCUT2D eigenvalue weighted by atomic mass is 9.88. The van der Waals surface area contributed by atoms with E-state index in [-0.39, 0.29) is 39.5 Å². The normalized spacial score (nSPS) is 17.7. The quantitative estimate of drug-likeness (QED) is 0.124. The van der Waals surface area contributed by atoms with E-state index in [0.29, 0.717) is 37.7 Å². The van der Waals surface area contributed by atoms with Crippen molar-refractivity contribution in [1.82, 2.24) is 20.1 Å². The average Bonchev–Trinajstić information content (AvgIpc) is 3.62. The Morgan fingerprint density at radius 3 is 2.45 bits per heavy atom. The van der Waals surface area contributed by atoms with Crippen LogP contribution in [0.1, 0.15) is 105 Å². The zero-order valence-corrected chi connectivity index (χ0v) is 36.2. The van der Waals surface area contributed by atoms with Crippen LogP contribution in [-0.4, -0.2) is 84.6 Å². The molecule has 55 heavy (non-hydrogen) atoms. The number of piperidine rings is 1. The molecule has 1 atom stereocenters. The molecule has 0 aliphatic carbocycles. The largest absolute Gasteiger partial charge is 0.506 e. The first kappa shape index (κ1) is 41.3. The fourth-order valence-corrected chi connectivity index (χ4v) is 9.89. The Morgan fingerprint density at radius 2 is 1.76 bits per heavy atom. The first-order valence-electron chi connectivity index (χ1n) is 19.9. The molecule has 6 rings (SSSR count). The molecule has 0 bridgehead atoms. The maximum absolute atomic E-state index is 13.4. The molecular formula is C44H62N4O5SSi. The Hall–Kier alpha value is -3.32. The van der Waals surface area contributed by atoms with E-state index in [9.17, 15) is 14.7 Å². The molecule has 2 aromatic heterocycles. The monoisotopic (exact) mass is 786 g/mol. The Labute approximate surface area is 332 Å². The molecule has 0 radical (unpaired) electrons. The van der Waals surface area contributed by atoms with Gasteiger partial charge in [-0.1, -0.05) is 65.0 Å². The summed E-state index contributed by atoms with van der Waals surface area (Å²) in [5.74, 6) is 0.609. The summed E-state index contributed by atoms with van der Waals surface area (Å²) in [6.07, 6.45) is 2.38. The SMILES string of the molecule is CC(C)c1cc(C(=O)N2CCOC3(CCN(Cc4cccc(CC(C)(C)NCC(O[Si](C)(C)C(C)(C)C)c5ccc(O)c6[nH]c(=O)ccc56)c4)CC3)C2)cs1. The van der Waals surface area contributed by atoms with Crippen LogP contribution >= 0.6 is 11.3 Å². The van der Waals surface area contributed by atoms with Crippen LogP contribution in [0.2, 0.25) is 18.1 Å². The minimum atomic E-state index is -2.20. The van der Waals surface area contributed by atoms with Crippen molar-refractivity contribution < 1.29 is 19.1 Å². The van der Waals surface area contributed by atoms with Gasteiger partial charge in [-0.05, 0) is 92.0 Å². The van der Waals surface area contributed by atoms with Crippen molar-refractivity contribution in [3.05, 3.63) is 97.5 Å². The number of nitrogens with one attached hydrogen (secondary N) is 2. The van der Waals surface area contributed by atoms with Crippen LogP contribution in [0.5, 0.6) is 5.75 Å². The number of H-pyrrole nitrogens is 1. The third kappa shape index (κ3) is 9.80. The Morgan fingerprint density at radius 1 is 1.04 bits per heavy atom. The van der Waals surface area contributed by atoms with Crippen molar-refractivity contribution in [1.29, 1.82) is 0 Å². The molecule has 1 unspecified atom stereocenters. The van der Waals surface area contributed by atoms with E-state index in [1.807, 2.05) is 16.3 Å². The summed E-state index contributed by atoms with van der Waals surface area (Å²) >= 11 is 1.68. The van der Waals surface area contributed by atoms with E-state index >= 15 is 0 Å². The Balaban J connectivity index is 1.08. The summed E-state index contributed by atoms with van der Waals surface area (Å²) in [7, 11) is -2.20. The fourth-order valence-electron chi connectivity index (χ4n) is 7.71. The molecule has 298 valence electrons. The van der Waals surface area contributed by atoms with Gasteiger partial charge in [0.05, 0.1) is 35.9 Å². The number of rotatable bonds is 12. The molecule has 1 spiro atoms. The van der Waals surface area contributed by atoms with Gasteiger partial charge in [0.25, 0.3) is 5.91 Å². The average molecular weight is 787 g/mol. The number of ether oxygens (including phenoxy) is 1. The molecule has 2 saturated heterocycles. The molecule has 2 fully saturated rings. The van der Waals surface area contributed by atoms with Gasteiger partial charge in [0.2, 0.25) is 5.56 Å². The molecule has 11 heteroatoms. The van der Waals surface area contributed by atoms with Gasteiger partial charge in [-0.2, -0.15) is 0 Å². The number of likely N-dealkylation sites (tertiary alicyclic amines) is 1. The predicted molar refractivity (Wildman–Crippen MR) is 227 cm³/mol. The third-order valence-electron chi connectivity index (χ3n) is 12.0. The number of morpholine rings is 1. The molecule has 1 amide bonds. The molecule has 2 aromatic carbocycles. The lowest BCUT2D eigenvalue weighted by molar-refractivity contribution is -0.127. The number of thiophene rings is 1. The highest BCUT2D eigenvalue weighted by Crippen LogP contribution is 2.41. The van der Waals surface area contributed by atoms with Crippen LogP contribution in [0.4, 0.5) is 0 Å². The van der Waals surface area contributed by atoms with Crippen molar-refractivity contribution in [3.63, 3.8) is 0 Å². The summed E-state index contributed by atoms with van der Waals surface area (Å²) in [4.78, 5) is 34.2. The van der Waals surface area contributed by atoms with Crippen LogP contribution in [0.3, 0.4) is 0 Å². The van der Waals surface area contributed by atoms with E-state index < -0.39 is 8.32 Å². The zero-order chi connectivity index (χ0) is 39.8. The molecule has 4 aromatic rings. The number of fused-ring (bicyclic) bond motifs is 1. The number of phenols is 1. The Bertz CT molecular complexity index is 2020. The number of aromatic hydroxyl groups is 1.